The average Bonchev–Trinajstić information content (AvgIpc) is 2.16. The largest absolute Gasteiger partial charge is 0.385 e. The molecule has 0 aliphatic heterocycles. The summed E-state index contributed by atoms with van der Waals surface area (Å²) in [7, 11) is 0. The lowest BCUT2D eigenvalue weighted by atomic mass is 10.1. The number of anilines is 1. The van der Waals surface area contributed by atoms with Gasteiger partial charge < -0.3 is 10.7 Å². The summed E-state index contributed by atoms with van der Waals surface area (Å²) < 4.78 is 0. The Hall–Kier alpha value is -1.31. The molecule has 0 heterocycles. The monoisotopic (exact) mass is 176 g/mol. The SMILES string of the molecule is CCCNc1ccc(C)cc1C=N. The highest BCUT2D eigenvalue weighted by atomic mass is 14.9. The van der Waals surface area contributed by atoms with Gasteiger partial charge in [-0.25, -0.2) is 0 Å². The molecular weight excluding hydrogens is 160 g/mol. The highest BCUT2D eigenvalue weighted by Gasteiger charge is 1.98. The number of hydrogen-bond donors (Lipinski definition) is 2. The van der Waals surface area contributed by atoms with Crippen molar-refractivity contribution in [1.82, 2.24) is 0 Å². The van der Waals surface area contributed by atoms with E-state index in [1.807, 2.05) is 19.1 Å². The molecule has 0 spiro atoms. The molecule has 0 atom stereocenters. The van der Waals surface area contributed by atoms with Crippen molar-refractivity contribution in [3.8, 4) is 0 Å². The second kappa shape index (κ2) is 4.65. The molecule has 0 bridgehead atoms. The van der Waals surface area contributed by atoms with Crippen LogP contribution in [0.2, 0.25) is 0 Å². The zero-order valence-corrected chi connectivity index (χ0v) is 8.22. The second-order valence-electron chi connectivity index (χ2n) is 3.16. The molecule has 0 unspecified atom stereocenters. The van der Waals surface area contributed by atoms with Crippen molar-refractivity contribution in [2.75, 3.05) is 11.9 Å². The number of rotatable bonds is 4. The Labute approximate surface area is 79.5 Å². The van der Waals surface area contributed by atoms with E-state index < -0.39 is 0 Å². The summed E-state index contributed by atoms with van der Waals surface area (Å²) in [6.07, 6.45) is 2.50. The van der Waals surface area contributed by atoms with Crippen molar-refractivity contribution in [2.24, 2.45) is 0 Å². The van der Waals surface area contributed by atoms with Crippen LogP contribution in [-0.2, 0) is 0 Å². The van der Waals surface area contributed by atoms with Crippen LogP contribution in [0.1, 0.15) is 24.5 Å². The molecule has 0 aliphatic carbocycles. The minimum Gasteiger partial charge on any atom is -0.385 e. The number of benzene rings is 1. The quantitative estimate of drug-likeness (QED) is 0.680. The topological polar surface area (TPSA) is 35.9 Å². The Morgan fingerprint density at radius 3 is 2.85 bits per heavy atom. The van der Waals surface area contributed by atoms with Crippen molar-refractivity contribution in [3.63, 3.8) is 0 Å². The number of hydrogen-bond acceptors (Lipinski definition) is 2. The highest BCUT2D eigenvalue weighted by Crippen LogP contribution is 2.14. The summed E-state index contributed by atoms with van der Waals surface area (Å²) in [5, 5.41) is 10.5. The van der Waals surface area contributed by atoms with Gasteiger partial charge in [-0.3, -0.25) is 0 Å². The van der Waals surface area contributed by atoms with E-state index in [0.29, 0.717) is 0 Å². The van der Waals surface area contributed by atoms with Crippen LogP contribution < -0.4 is 5.32 Å². The first-order chi connectivity index (χ1) is 6.27. The summed E-state index contributed by atoms with van der Waals surface area (Å²) in [6.45, 7) is 5.13. The predicted octanol–water partition coefficient (Wildman–Crippen LogP) is 2.81. The van der Waals surface area contributed by atoms with E-state index in [1.54, 1.807) is 0 Å². The van der Waals surface area contributed by atoms with Crippen LogP contribution in [-0.4, -0.2) is 12.8 Å². The van der Waals surface area contributed by atoms with Gasteiger partial charge in [-0.15, -0.1) is 0 Å². The zero-order chi connectivity index (χ0) is 9.68. The molecule has 2 heteroatoms. The van der Waals surface area contributed by atoms with Gasteiger partial charge in [0, 0.05) is 24.0 Å². The first-order valence-corrected chi connectivity index (χ1v) is 4.63. The number of aryl methyl sites for hydroxylation is 1. The Morgan fingerprint density at radius 2 is 2.23 bits per heavy atom. The van der Waals surface area contributed by atoms with Crippen molar-refractivity contribution in [2.45, 2.75) is 20.3 Å². The lowest BCUT2D eigenvalue weighted by Crippen LogP contribution is -2.02. The molecule has 0 saturated carbocycles. The highest BCUT2D eigenvalue weighted by molar-refractivity contribution is 5.86. The van der Waals surface area contributed by atoms with Crippen LogP contribution in [0, 0.1) is 12.3 Å². The Bertz CT molecular complexity index is 292. The summed E-state index contributed by atoms with van der Waals surface area (Å²) in [4.78, 5) is 0. The standard InChI is InChI=1S/C11H16N2/c1-3-6-13-11-5-4-9(2)7-10(11)8-12/h4-5,7-8,12-13H,3,6H2,1-2H3. The number of nitrogens with one attached hydrogen (secondary N) is 2. The van der Waals surface area contributed by atoms with Crippen molar-refractivity contribution in [3.05, 3.63) is 29.3 Å². The molecule has 0 saturated heterocycles. The van der Waals surface area contributed by atoms with Gasteiger partial charge in [0.1, 0.15) is 0 Å². The summed E-state index contributed by atoms with van der Waals surface area (Å²) in [5.74, 6) is 0. The van der Waals surface area contributed by atoms with E-state index in [9.17, 15) is 0 Å². The molecule has 0 radical (unpaired) electrons. The van der Waals surface area contributed by atoms with E-state index in [1.165, 1.54) is 11.8 Å². The van der Waals surface area contributed by atoms with Crippen LogP contribution in [0.3, 0.4) is 0 Å². The fraction of sp³-hybridized carbons (Fsp3) is 0.364. The predicted molar refractivity (Wildman–Crippen MR) is 57.8 cm³/mol. The van der Waals surface area contributed by atoms with Crippen molar-refractivity contribution in [1.29, 1.82) is 5.41 Å². The molecule has 2 nitrogen and oxygen atoms in total. The Kier molecular flexibility index (Phi) is 3.50. The second-order valence-corrected chi connectivity index (χ2v) is 3.16. The summed E-state index contributed by atoms with van der Waals surface area (Å²) in [6, 6.07) is 6.11. The first kappa shape index (κ1) is 9.78. The molecule has 1 rings (SSSR count). The van der Waals surface area contributed by atoms with Gasteiger partial charge in [-0.1, -0.05) is 18.6 Å². The molecular formula is C11H16N2. The van der Waals surface area contributed by atoms with Gasteiger partial charge in [0.05, 0.1) is 0 Å². The molecule has 0 fully saturated rings. The third-order valence-corrected chi connectivity index (χ3v) is 1.93. The maximum Gasteiger partial charge on any atom is 0.0429 e. The summed E-state index contributed by atoms with van der Waals surface area (Å²) >= 11 is 0. The molecule has 2 N–H and O–H groups in total. The molecule has 13 heavy (non-hydrogen) atoms. The first-order valence-electron chi connectivity index (χ1n) is 4.63. The minimum atomic E-state index is 0.962. The smallest absolute Gasteiger partial charge is 0.0429 e. The van der Waals surface area contributed by atoms with E-state index in [2.05, 4.69) is 18.3 Å². The van der Waals surface area contributed by atoms with E-state index in [4.69, 9.17) is 5.41 Å². The van der Waals surface area contributed by atoms with Gasteiger partial charge >= 0.3 is 0 Å². The lowest BCUT2D eigenvalue weighted by molar-refractivity contribution is 0.979. The maximum absolute atomic E-state index is 7.25. The van der Waals surface area contributed by atoms with Crippen LogP contribution in [0.4, 0.5) is 5.69 Å². The Morgan fingerprint density at radius 1 is 1.46 bits per heavy atom. The zero-order valence-electron chi connectivity index (χ0n) is 8.22. The molecule has 1 aromatic carbocycles. The normalized spacial score (nSPS) is 9.69. The fourth-order valence-corrected chi connectivity index (χ4v) is 1.22. The minimum absolute atomic E-state index is 0.962. The van der Waals surface area contributed by atoms with Gasteiger partial charge in [0.15, 0.2) is 0 Å². The average molecular weight is 176 g/mol. The van der Waals surface area contributed by atoms with Crippen molar-refractivity contribution >= 4 is 11.9 Å². The van der Waals surface area contributed by atoms with E-state index >= 15 is 0 Å². The van der Waals surface area contributed by atoms with Gasteiger partial charge in [0.2, 0.25) is 0 Å². The van der Waals surface area contributed by atoms with Crippen molar-refractivity contribution < 1.29 is 0 Å². The third-order valence-electron chi connectivity index (χ3n) is 1.93. The third kappa shape index (κ3) is 2.58. The van der Waals surface area contributed by atoms with Crippen LogP contribution in [0.5, 0.6) is 0 Å². The molecule has 0 aliphatic rings. The van der Waals surface area contributed by atoms with Gasteiger partial charge in [0.25, 0.3) is 0 Å². The van der Waals surface area contributed by atoms with Crippen LogP contribution >= 0.6 is 0 Å². The van der Waals surface area contributed by atoms with Crippen LogP contribution in [0.25, 0.3) is 0 Å². The van der Waals surface area contributed by atoms with E-state index in [-0.39, 0.29) is 0 Å². The summed E-state index contributed by atoms with van der Waals surface area (Å²) in [5.41, 5.74) is 3.22. The molecule has 0 aromatic heterocycles. The molecule has 1 aromatic rings. The molecule has 0 amide bonds. The van der Waals surface area contributed by atoms with Crippen LogP contribution in [0.15, 0.2) is 18.2 Å². The maximum atomic E-state index is 7.25. The molecule has 70 valence electrons. The van der Waals surface area contributed by atoms with E-state index in [0.717, 1.165) is 24.2 Å². The van der Waals surface area contributed by atoms with Gasteiger partial charge in [-0.2, -0.15) is 0 Å². The lowest BCUT2D eigenvalue weighted by Gasteiger charge is -2.08. The fourth-order valence-electron chi connectivity index (χ4n) is 1.22. The Balaban J connectivity index is 2.86. The van der Waals surface area contributed by atoms with Gasteiger partial charge in [-0.05, 0) is 25.5 Å².